The van der Waals surface area contributed by atoms with Crippen molar-refractivity contribution < 1.29 is 49.3 Å². The Morgan fingerprint density at radius 2 is 1.66 bits per heavy atom. The number of carboxylic acid groups (broad SMARTS) is 1. The number of thiazole rings is 1. The van der Waals surface area contributed by atoms with Gasteiger partial charge in [-0.2, -0.15) is 5.10 Å². The van der Waals surface area contributed by atoms with E-state index in [1.165, 1.54) is 11.3 Å². The average Bonchev–Trinajstić information content (AvgIpc) is 3.93. The lowest BCUT2D eigenvalue weighted by Crippen LogP contribution is -2.64. The molecule has 7 N–H and O–H groups in total. The maximum absolute atomic E-state index is 13.7. The molecule has 4 saturated carbocycles. The molecule has 12 rings (SSSR count). The van der Waals surface area contributed by atoms with Crippen molar-refractivity contribution in [3.8, 4) is 16.9 Å². The highest BCUT2D eigenvalue weighted by atomic mass is 32.1. The van der Waals surface area contributed by atoms with E-state index in [9.17, 15) is 35.1 Å². The first-order valence-corrected chi connectivity index (χ1v) is 26.0. The zero-order valence-electron chi connectivity index (χ0n) is 41.3. The van der Waals surface area contributed by atoms with Crippen LogP contribution >= 0.6 is 11.3 Å². The lowest BCUT2D eigenvalue weighted by Gasteiger charge is -2.69. The number of ether oxygens (including phenoxy) is 3. The number of anilines is 2. The smallest absolute Gasteiger partial charge is 0.355 e. The fraction of sp³-hybridized carbons (Fsp3) is 0.473. The number of para-hydroxylation sites is 1. The van der Waals surface area contributed by atoms with Gasteiger partial charge >= 0.3 is 5.97 Å². The van der Waals surface area contributed by atoms with E-state index in [1.807, 2.05) is 78.6 Å². The van der Waals surface area contributed by atoms with Crippen molar-refractivity contribution in [2.45, 2.75) is 122 Å². The van der Waals surface area contributed by atoms with E-state index in [0.717, 1.165) is 76.7 Å². The number of hydrogen-bond acceptors (Lipinski definition) is 15. The van der Waals surface area contributed by atoms with Crippen molar-refractivity contribution in [3.05, 3.63) is 119 Å². The van der Waals surface area contributed by atoms with Crippen molar-refractivity contribution in [1.29, 1.82) is 0 Å². The molecule has 3 aromatic carbocycles. The summed E-state index contributed by atoms with van der Waals surface area (Å²) < 4.78 is 21.3. The Morgan fingerprint density at radius 1 is 0.877 bits per heavy atom. The summed E-state index contributed by atoms with van der Waals surface area (Å²) in [5, 5.41) is 62.7. The summed E-state index contributed by atoms with van der Waals surface area (Å²) >= 11 is 1.43. The number of nitrogens with zero attached hydrogens (tertiary/aromatic N) is 5. The van der Waals surface area contributed by atoms with Crippen LogP contribution in [0.2, 0.25) is 0 Å². The van der Waals surface area contributed by atoms with Crippen LogP contribution in [0, 0.1) is 23.2 Å². The van der Waals surface area contributed by atoms with Gasteiger partial charge in [-0.25, -0.2) is 14.8 Å². The number of benzene rings is 3. The van der Waals surface area contributed by atoms with Crippen LogP contribution in [0.25, 0.3) is 21.3 Å². The molecule has 0 spiro atoms. The molecule has 17 nitrogen and oxygen atoms in total. The van der Waals surface area contributed by atoms with E-state index in [1.54, 1.807) is 18.3 Å². The minimum absolute atomic E-state index is 0.0403. The van der Waals surface area contributed by atoms with Crippen LogP contribution in [0.4, 0.5) is 10.9 Å². The van der Waals surface area contributed by atoms with Crippen LogP contribution in [0.3, 0.4) is 0 Å². The predicted octanol–water partition coefficient (Wildman–Crippen LogP) is 6.48. The fourth-order valence-electron chi connectivity index (χ4n) is 14.0. The molecular formula is C55H63N7O10S. The third kappa shape index (κ3) is 9.63. The topological polar surface area (TPSA) is 234 Å². The van der Waals surface area contributed by atoms with E-state index < -0.39 is 43.3 Å². The molecular weight excluding hydrogens is 951 g/mol. The Labute approximate surface area is 427 Å². The van der Waals surface area contributed by atoms with Gasteiger partial charge in [-0.1, -0.05) is 61.6 Å². The zero-order valence-corrected chi connectivity index (χ0v) is 42.1. The number of pyridine rings is 1. The highest BCUT2D eigenvalue weighted by molar-refractivity contribution is 7.22. The van der Waals surface area contributed by atoms with E-state index in [4.69, 9.17) is 24.3 Å². The Morgan fingerprint density at radius 3 is 2.41 bits per heavy atom. The Bertz CT molecular complexity index is 3000. The summed E-state index contributed by atoms with van der Waals surface area (Å²) in [6, 6.07) is 24.6. The zero-order chi connectivity index (χ0) is 50.9. The van der Waals surface area contributed by atoms with Gasteiger partial charge in [0.25, 0.3) is 5.91 Å². The highest BCUT2D eigenvalue weighted by Gasteiger charge is 2.66. The highest BCUT2D eigenvalue weighted by Crippen LogP contribution is 2.72. The minimum Gasteiger partial charge on any atom is -0.476 e. The molecule has 6 aliphatic rings. The third-order valence-corrected chi connectivity index (χ3v) is 17.0. The van der Waals surface area contributed by atoms with E-state index >= 15 is 0 Å². The molecule has 0 radical (unpaired) electrons. The van der Waals surface area contributed by atoms with E-state index in [2.05, 4.69) is 34.1 Å². The number of aromatic carboxylic acids is 1. The largest absolute Gasteiger partial charge is 0.476 e. The Hall–Kier alpha value is -5.83. The lowest BCUT2D eigenvalue weighted by atomic mass is 9.39. The first-order chi connectivity index (χ1) is 35.0. The number of carboxylic acids is 1. The number of fused-ring (bicyclic) bond motifs is 2. The molecule has 6 aromatic rings. The summed E-state index contributed by atoms with van der Waals surface area (Å²) in [7, 11) is 0. The number of nitrogens with one attached hydrogen (secondary N) is 2. The normalized spacial score (nSPS) is 29.4. The van der Waals surface area contributed by atoms with Crippen molar-refractivity contribution >= 4 is 44.4 Å². The van der Waals surface area contributed by atoms with Crippen molar-refractivity contribution in [1.82, 2.24) is 25.1 Å². The number of aliphatic hydroxyl groups excluding tert-OH is 4. The van der Waals surface area contributed by atoms with Gasteiger partial charge in [-0.05, 0) is 127 Å². The quantitative estimate of drug-likeness (QED) is 0.0514. The summed E-state index contributed by atoms with van der Waals surface area (Å²) in [6.45, 7) is 9.86. The maximum atomic E-state index is 13.7. The first-order valence-electron chi connectivity index (χ1n) is 25.2. The van der Waals surface area contributed by atoms with Gasteiger partial charge in [0.05, 0.1) is 35.2 Å². The Balaban J connectivity index is 0.737. The van der Waals surface area contributed by atoms with Crippen LogP contribution in [-0.4, -0.2) is 120 Å². The molecule has 4 bridgehead atoms. The van der Waals surface area contributed by atoms with Gasteiger partial charge in [0.15, 0.2) is 10.8 Å². The van der Waals surface area contributed by atoms with Crippen LogP contribution in [-0.2, 0) is 35.5 Å². The number of carbonyl (C=O) groups is 2. The third-order valence-electron chi connectivity index (χ3n) is 16.0. The molecule has 2 aliphatic heterocycles. The van der Waals surface area contributed by atoms with Gasteiger partial charge in [-0.15, -0.1) is 0 Å². The SMILES string of the molecule is Cc1c(-c2ccc(N3CCc4cccc(C(=O)Nc5nc6ccccc6s5)c4C3)nc2C(=O)O)cnn1CC12CC3(C)CC(C)(C1)CC(OCCNCc1ccc(O[C@@H]4O[C@H](CO)[C@@H](O)[C@@H](O)[C@H]4O)cc1)(C3)C2. The standard InChI is InChI=1S/C55H63N7O10S/c1-32-38(36-15-16-43(59-44(36)49(68)69)61-19-17-34-7-6-8-37(39(34)23-61)48(67)60-51-58-40-9-4-5-10-42(40)73-51)22-57-62(32)31-54-26-52(2)25-53(3,27-54)29-55(28-52,30-54)70-20-18-56-21-33-11-13-35(14-12-33)71-50-47(66)46(65)45(64)41(24-63)72-50/h4-16,22,41,45-47,50,56,63-66H,17-21,23-31H2,1-3H3,(H,68,69)(H,58,60,67)/t41-,45-,46-,47-,50-,52?,53?,54?,55?/m1/s1. The molecule has 18 heteroatoms. The van der Waals surface area contributed by atoms with Crippen molar-refractivity contribution in [2.75, 3.05) is 36.5 Å². The molecule has 3 aromatic heterocycles. The second-order valence-electron chi connectivity index (χ2n) is 22.1. The molecule has 384 valence electrons. The number of aromatic nitrogens is 4. The van der Waals surface area contributed by atoms with Crippen molar-refractivity contribution in [3.63, 3.8) is 0 Å². The first kappa shape index (κ1) is 49.4. The van der Waals surface area contributed by atoms with Gasteiger partial charge in [-0.3, -0.25) is 14.8 Å². The van der Waals surface area contributed by atoms with E-state index in [-0.39, 0.29) is 33.4 Å². The van der Waals surface area contributed by atoms with Crippen LogP contribution < -0.4 is 20.3 Å². The van der Waals surface area contributed by atoms with Crippen LogP contribution in [0.1, 0.15) is 95.6 Å². The number of hydrogen-bond donors (Lipinski definition) is 7. The molecule has 1 amide bonds. The van der Waals surface area contributed by atoms with Crippen LogP contribution in [0.15, 0.2) is 85.1 Å². The predicted molar refractivity (Wildman–Crippen MR) is 273 cm³/mol. The molecule has 4 aliphatic carbocycles. The molecule has 2 unspecified atom stereocenters. The summed E-state index contributed by atoms with van der Waals surface area (Å²) in [5.41, 5.74) is 6.39. The molecule has 7 atom stereocenters. The molecule has 1 saturated heterocycles. The molecule has 5 fully saturated rings. The maximum Gasteiger partial charge on any atom is 0.355 e. The van der Waals surface area contributed by atoms with Gasteiger partial charge in [0, 0.05) is 55.1 Å². The summed E-state index contributed by atoms with van der Waals surface area (Å²) in [6.07, 6.45) is 1.97. The van der Waals surface area contributed by atoms with Gasteiger partial charge in [0.2, 0.25) is 6.29 Å². The number of carbonyl (C=O) groups excluding carboxylic acids is 1. The second kappa shape index (κ2) is 19.1. The van der Waals surface area contributed by atoms with Crippen molar-refractivity contribution in [2.24, 2.45) is 16.2 Å². The summed E-state index contributed by atoms with van der Waals surface area (Å²) in [4.78, 5) is 38.2. The number of amides is 1. The molecule has 5 heterocycles. The van der Waals surface area contributed by atoms with Gasteiger partial charge in [0.1, 0.15) is 36.0 Å². The Kier molecular flexibility index (Phi) is 12.9. The van der Waals surface area contributed by atoms with E-state index in [0.29, 0.717) is 73.6 Å². The fourth-order valence-corrected chi connectivity index (χ4v) is 14.8. The van der Waals surface area contributed by atoms with Crippen LogP contribution in [0.5, 0.6) is 5.75 Å². The average molecular weight is 1010 g/mol. The monoisotopic (exact) mass is 1010 g/mol. The minimum atomic E-state index is -1.51. The molecule has 73 heavy (non-hydrogen) atoms. The second-order valence-corrected chi connectivity index (χ2v) is 23.1. The lowest BCUT2D eigenvalue weighted by molar-refractivity contribution is -0.277. The summed E-state index contributed by atoms with van der Waals surface area (Å²) in [5.74, 6) is -0.414. The number of rotatable bonds is 16. The number of aliphatic hydroxyl groups is 4. The van der Waals surface area contributed by atoms with Gasteiger partial charge < -0.3 is 50.0 Å².